The number of anilines is 3. The van der Waals surface area contributed by atoms with Crippen molar-refractivity contribution in [1.82, 2.24) is 9.78 Å². The Hall–Kier alpha value is -4.46. The number of hydrogen-bond acceptors (Lipinski definition) is 3. The molecular weight excluding hydrogens is 409 g/mol. The Morgan fingerprint density at radius 1 is 0.812 bits per heavy atom. The molecule has 0 aliphatic rings. The zero-order valence-corrected chi connectivity index (χ0v) is 17.2. The summed E-state index contributed by atoms with van der Waals surface area (Å²) in [6.45, 7) is 1.69. The molecule has 8 heteroatoms. The van der Waals surface area contributed by atoms with E-state index >= 15 is 0 Å². The number of urea groups is 1. The average molecular weight is 429 g/mol. The van der Waals surface area contributed by atoms with Gasteiger partial charge in [0.25, 0.3) is 5.91 Å². The number of carbonyl (C=O) groups is 2. The standard InChI is InChI=1S/C24H20FN5O2/c1-16-20(15-26-30(16)22-13-6-5-12-21(22)25)23(31)27-18-10-7-11-19(14-18)29-24(32)28-17-8-3-2-4-9-17/h2-15H,1H3,(H,27,31)(H2,28,29,32). The number of nitrogens with zero attached hydrogens (tertiary/aromatic N) is 2. The molecule has 4 rings (SSSR count). The van der Waals surface area contributed by atoms with E-state index in [9.17, 15) is 14.0 Å². The molecule has 3 N–H and O–H groups in total. The fourth-order valence-electron chi connectivity index (χ4n) is 3.19. The fraction of sp³-hybridized carbons (Fsp3) is 0.0417. The molecule has 0 aliphatic carbocycles. The van der Waals surface area contributed by atoms with Crippen molar-refractivity contribution >= 4 is 29.0 Å². The van der Waals surface area contributed by atoms with Gasteiger partial charge in [-0.05, 0) is 49.4 Å². The molecule has 0 saturated carbocycles. The van der Waals surface area contributed by atoms with Crippen LogP contribution in [0.5, 0.6) is 0 Å². The van der Waals surface area contributed by atoms with Gasteiger partial charge in [0.05, 0.1) is 17.5 Å². The highest BCUT2D eigenvalue weighted by atomic mass is 19.1. The number of amides is 3. The lowest BCUT2D eigenvalue weighted by atomic mass is 10.2. The van der Waals surface area contributed by atoms with Crippen LogP contribution in [0.4, 0.5) is 26.2 Å². The van der Waals surface area contributed by atoms with Crippen LogP contribution in [-0.2, 0) is 0 Å². The summed E-state index contributed by atoms with van der Waals surface area (Å²) in [6.07, 6.45) is 1.40. The number of hydrogen-bond donors (Lipinski definition) is 3. The Labute approximate surface area is 183 Å². The first kappa shape index (κ1) is 20.8. The molecule has 3 amide bonds. The predicted octanol–water partition coefficient (Wildman–Crippen LogP) is 5.22. The zero-order valence-electron chi connectivity index (χ0n) is 17.2. The molecule has 4 aromatic rings. The molecule has 1 aromatic heterocycles. The third-order valence-corrected chi connectivity index (χ3v) is 4.75. The smallest absolute Gasteiger partial charge is 0.322 e. The van der Waals surface area contributed by atoms with Crippen molar-refractivity contribution in [2.24, 2.45) is 0 Å². The van der Waals surface area contributed by atoms with Crippen LogP contribution in [0.1, 0.15) is 16.1 Å². The number of benzene rings is 3. The minimum atomic E-state index is -0.432. The zero-order chi connectivity index (χ0) is 22.5. The second-order valence-electron chi connectivity index (χ2n) is 6.99. The maximum atomic E-state index is 14.1. The molecule has 3 aromatic carbocycles. The van der Waals surface area contributed by atoms with Crippen LogP contribution in [0.15, 0.2) is 85.1 Å². The molecule has 160 valence electrons. The maximum Gasteiger partial charge on any atom is 0.323 e. The van der Waals surface area contributed by atoms with Crippen LogP contribution in [0.3, 0.4) is 0 Å². The third kappa shape index (κ3) is 4.65. The number of rotatable bonds is 5. The monoisotopic (exact) mass is 429 g/mol. The third-order valence-electron chi connectivity index (χ3n) is 4.75. The lowest BCUT2D eigenvalue weighted by Gasteiger charge is -2.10. The van der Waals surface area contributed by atoms with E-state index in [4.69, 9.17) is 0 Å². The highest BCUT2D eigenvalue weighted by Crippen LogP contribution is 2.20. The van der Waals surface area contributed by atoms with Crippen LogP contribution in [0, 0.1) is 12.7 Å². The molecule has 7 nitrogen and oxygen atoms in total. The van der Waals surface area contributed by atoms with Crippen LogP contribution in [-0.4, -0.2) is 21.7 Å². The molecule has 0 saturated heterocycles. The van der Waals surface area contributed by atoms with Gasteiger partial charge in [-0.1, -0.05) is 36.4 Å². The second kappa shape index (κ2) is 9.13. The Morgan fingerprint density at radius 2 is 1.44 bits per heavy atom. The first-order chi connectivity index (χ1) is 15.5. The maximum absolute atomic E-state index is 14.1. The summed E-state index contributed by atoms with van der Waals surface area (Å²) < 4.78 is 15.5. The molecule has 0 atom stereocenters. The minimum absolute atomic E-state index is 0.264. The second-order valence-corrected chi connectivity index (χ2v) is 6.99. The topological polar surface area (TPSA) is 88.1 Å². The molecule has 0 fully saturated rings. The highest BCUT2D eigenvalue weighted by Gasteiger charge is 2.17. The highest BCUT2D eigenvalue weighted by molar-refractivity contribution is 6.05. The van der Waals surface area contributed by atoms with Gasteiger partial charge in [0.2, 0.25) is 0 Å². The summed E-state index contributed by atoms with van der Waals surface area (Å²) in [4.78, 5) is 25.0. The van der Waals surface area contributed by atoms with E-state index in [1.165, 1.54) is 16.9 Å². The summed E-state index contributed by atoms with van der Waals surface area (Å²) in [7, 11) is 0. The van der Waals surface area contributed by atoms with E-state index in [0.717, 1.165) is 0 Å². The van der Waals surface area contributed by atoms with Gasteiger partial charge < -0.3 is 16.0 Å². The molecule has 0 aliphatic heterocycles. The van der Waals surface area contributed by atoms with Crippen molar-refractivity contribution in [2.75, 3.05) is 16.0 Å². The van der Waals surface area contributed by atoms with E-state index in [-0.39, 0.29) is 5.69 Å². The Morgan fingerprint density at radius 3 is 2.19 bits per heavy atom. The summed E-state index contributed by atoms with van der Waals surface area (Å²) in [5, 5.41) is 12.4. The van der Waals surface area contributed by atoms with E-state index in [0.29, 0.717) is 28.3 Å². The van der Waals surface area contributed by atoms with Gasteiger partial charge in [0, 0.05) is 17.1 Å². The van der Waals surface area contributed by atoms with E-state index in [1.807, 2.05) is 18.2 Å². The van der Waals surface area contributed by atoms with E-state index < -0.39 is 17.8 Å². The molecule has 0 radical (unpaired) electrons. The number of aromatic nitrogens is 2. The number of nitrogens with one attached hydrogen (secondary N) is 3. The van der Waals surface area contributed by atoms with Crippen molar-refractivity contribution < 1.29 is 14.0 Å². The summed E-state index contributed by atoms with van der Waals surface area (Å²) >= 11 is 0. The van der Waals surface area contributed by atoms with Gasteiger partial charge >= 0.3 is 6.03 Å². The SMILES string of the molecule is Cc1c(C(=O)Nc2cccc(NC(=O)Nc3ccccc3)c2)cnn1-c1ccccc1F. The van der Waals surface area contributed by atoms with Gasteiger partial charge in [0.15, 0.2) is 0 Å². The molecule has 32 heavy (non-hydrogen) atoms. The molecule has 0 spiro atoms. The Balaban J connectivity index is 1.45. The van der Waals surface area contributed by atoms with Crippen molar-refractivity contribution in [2.45, 2.75) is 6.92 Å². The van der Waals surface area contributed by atoms with Crippen LogP contribution < -0.4 is 16.0 Å². The molecule has 1 heterocycles. The number of halogens is 1. The van der Waals surface area contributed by atoms with Crippen molar-refractivity contribution in [3.05, 3.63) is 102 Å². The first-order valence-electron chi connectivity index (χ1n) is 9.85. The van der Waals surface area contributed by atoms with Gasteiger partial charge in [-0.2, -0.15) is 5.10 Å². The van der Waals surface area contributed by atoms with Crippen molar-refractivity contribution in [3.8, 4) is 5.69 Å². The number of carbonyl (C=O) groups excluding carboxylic acids is 2. The average Bonchev–Trinajstić information content (AvgIpc) is 3.16. The van der Waals surface area contributed by atoms with Gasteiger partial charge in [-0.3, -0.25) is 4.79 Å². The molecule has 0 unspecified atom stereocenters. The van der Waals surface area contributed by atoms with E-state index in [1.54, 1.807) is 61.5 Å². The summed E-state index contributed by atoms with van der Waals surface area (Å²) in [6, 6.07) is 21.6. The van der Waals surface area contributed by atoms with Crippen LogP contribution >= 0.6 is 0 Å². The normalized spacial score (nSPS) is 10.4. The van der Waals surface area contributed by atoms with Gasteiger partial charge in [-0.25, -0.2) is 13.9 Å². The summed E-state index contributed by atoms with van der Waals surface area (Å²) in [5.41, 5.74) is 2.74. The van der Waals surface area contributed by atoms with Crippen LogP contribution in [0.2, 0.25) is 0 Å². The molecule has 0 bridgehead atoms. The van der Waals surface area contributed by atoms with Crippen molar-refractivity contribution in [3.63, 3.8) is 0 Å². The van der Waals surface area contributed by atoms with Gasteiger partial charge in [0.1, 0.15) is 11.5 Å². The van der Waals surface area contributed by atoms with E-state index in [2.05, 4.69) is 21.0 Å². The number of para-hydroxylation sites is 2. The van der Waals surface area contributed by atoms with Gasteiger partial charge in [-0.15, -0.1) is 0 Å². The fourth-order valence-corrected chi connectivity index (χ4v) is 3.19. The summed E-state index contributed by atoms with van der Waals surface area (Å²) in [5.74, 6) is -0.825. The Kier molecular flexibility index (Phi) is 5.94. The van der Waals surface area contributed by atoms with Crippen molar-refractivity contribution in [1.29, 1.82) is 0 Å². The minimum Gasteiger partial charge on any atom is -0.322 e. The first-order valence-corrected chi connectivity index (χ1v) is 9.85. The molecular formula is C24H20FN5O2. The predicted molar refractivity (Wildman–Crippen MR) is 122 cm³/mol. The Bertz CT molecular complexity index is 1270. The largest absolute Gasteiger partial charge is 0.323 e. The van der Waals surface area contributed by atoms with Crippen LogP contribution in [0.25, 0.3) is 5.69 Å². The lowest BCUT2D eigenvalue weighted by Crippen LogP contribution is -2.19. The lowest BCUT2D eigenvalue weighted by molar-refractivity contribution is 0.102. The quantitative estimate of drug-likeness (QED) is 0.407.